The van der Waals surface area contributed by atoms with E-state index in [0.717, 1.165) is 29.7 Å². The Labute approximate surface area is 179 Å². The zero-order valence-corrected chi connectivity index (χ0v) is 18.4. The van der Waals surface area contributed by atoms with Gasteiger partial charge in [-0.2, -0.15) is 0 Å². The summed E-state index contributed by atoms with van der Waals surface area (Å²) in [5, 5.41) is 13.3. The van der Waals surface area contributed by atoms with Crippen LogP contribution in [0.4, 0.5) is 0 Å². The average Bonchev–Trinajstić information content (AvgIpc) is 3.23. The predicted octanol–water partition coefficient (Wildman–Crippen LogP) is 4.54. The minimum atomic E-state index is -1.22. The number of rotatable bonds is 7. The molecule has 0 spiro atoms. The monoisotopic (exact) mass is 404 g/mol. The fourth-order valence-corrected chi connectivity index (χ4v) is 5.28. The van der Waals surface area contributed by atoms with Gasteiger partial charge in [0, 0.05) is 30.0 Å². The molecule has 0 bridgehead atoms. The molecule has 0 radical (unpaired) electrons. The lowest BCUT2D eigenvalue weighted by molar-refractivity contribution is -0.139. The summed E-state index contributed by atoms with van der Waals surface area (Å²) in [5.74, 6) is -0.500. The Hall–Kier alpha value is -2.43. The van der Waals surface area contributed by atoms with Gasteiger partial charge in [-0.1, -0.05) is 62.4 Å². The second-order valence-corrected chi connectivity index (χ2v) is 8.69. The third kappa shape index (κ3) is 3.10. The third-order valence-electron chi connectivity index (χ3n) is 6.72. The summed E-state index contributed by atoms with van der Waals surface area (Å²) in [4.78, 5) is 15.5. The first-order valence-electron chi connectivity index (χ1n) is 11.0. The molecule has 0 aliphatic carbocycles. The lowest BCUT2D eigenvalue weighted by atomic mass is 9.75. The topological polar surface area (TPSA) is 45.5 Å². The van der Waals surface area contributed by atoms with E-state index in [9.17, 15) is 9.90 Å². The molecule has 4 rings (SSSR count). The van der Waals surface area contributed by atoms with Gasteiger partial charge in [-0.05, 0) is 44.1 Å². The molecule has 30 heavy (non-hydrogen) atoms. The number of para-hydroxylation sites is 1. The molecule has 0 saturated heterocycles. The summed E-state index contributed by atoms with van der Waals surface area (Å²) < 4.78 is 2.10. The quantitative estimate of drug-likeness (QED) is 0.629. The maximum atomic E-state index is 13.3. The predicted molar refractivity (Wildman–Crippen MR) is 122 cm³/mol. The van der Waals surface area contributed by atoms with Gasteiger partial charge in [-0.3, -0.25) is 4.79 Å². The van der Waals surface area contributed by atoms with E-state index in [1.54, 1.807) is 0 Å². The van der Waals surface area contributed by atoms with E-state index in [4.69, 9.17) is 0 Å². The number of aliphatic hydroxyl groups is 1. The molecule has 2 aromatic carbocycles. The van der Waals surface area contributed by atoms with Crippen LogP contribution in [0.3, 0.4) is 0 Å². The highest BCUT2D eigenvalue weighted by Crippen LogP contribution is 2.54. The van der Waals surface area contributed by atoms with Crippen molar-refractivity contribution in [3.63, 3.8) is 0 Å². The number of carbonyl (C=O) groups is 1. The number of hydrogen-bond donors (Lipinski definition) is 1. The summed E-state index contributed by atoms with van der Waals surface area (Å²) in [6.07, 6.45) is 1.80. The number of likely N-dealkylation sites (N-methyl/N-ethyl adjacent to an activating group) is 1. The van der Waals surface area contributed by atoms with Gasteiger partial charge in [-0.25, -0.2) is 0 Å². The number of aromatic nitrogens is 1. The van der Waals surface area contributed by atoms with Crippen molar-refractivity contribution in [1.29, 1.82) is 0 Å². The first kappa shape index (κ1) is 20.8. The van der Waals surface area contributed by atoms with Crippen LogP contribution in [0.1, 0.15) is 49.4 Å². The van der Waals surface area contributed by atoms with Gasteiger partial charge in [0.25, 0.3) is 0 Å². The normalized spacial score (nSPS) is 23.3. The van der Waals surface area contributed by atoms with Crippen LogP contribution in [0.2, 0.25) is 0 Å². The maximum Gasteiger partial charge on any atom is 0.152 e. The van der Waals surface area contributed by atoms with Crippen LogP contribution in [0.25, 0.3) is 10.9 Å². The van der Waals surface area contributed by atoms with E-state index in [2.05, 4.69) is 53.9 Å². The van der Waals surface area contributed by atoms with Gasteiger partial charge < -0.3 is 14.6 Å². The summed E-state index contributed by atoms with van der Waals surface area (Å²) >= 11 is 0. The van der Waals surface area contributed by atoms with Crippen molar-refractivity contribution in [2.75, 3.05) is 20.6 Å². The van der Waals surface area contributed by atoms with Crippen LogP contribution >= 0.6 is 0 Å². The molecule has 4 heteroatoms. The van der Waals surface area contributed by atoms with Crippen molar-refractivity contribution < 1.29 is 9.90 Å². The Bertz CT molecular complexity index is 1050. The molecule has 1 aliphatic rings. The molecule has 0 saturated carbocycles. The minimum Gasteiger partial charge on any atom is -0.370 e. The molecule has 1 N–H and O–H groups in total. The van der Waals surface area contributed by atoms with E-state index in [1.807, 2.05) is 38.1 Å². The van der Waals surface area contributed by atoms with Crippen LogP contribution in [-0.2, 0) is 16.9 Å². The van der Waals surface area contributed by atoms with Gasteiger partial charge >= 0.3 is 0 Å². The Kier molecular flexibility index (Phi) is 5.56. The Morgan fingerprint density at radius 2 is 1.73 bits per heavy atom. The molecule has 3 unspecified atom stereocenters. The lowest BCUT2D eigenvalue weighted by Gasteiger charge is -2.33. The van der Waals surface area contributed by atoms with Crippen molar-refractivity contribution in [3.05, 3.63) is 71.4 Å². The van der Waals surface area contributed by atoms with Gasteiger partial charge in [0.1, 0.15) is 5.78 Å². The zero-order valence-electron chi connectivity index (χ0n) is 18.4. The van der Waals surface area contributed by atoms with Gasteiger partial charge in [0.15, 0.2) is 5.72 Å². The molecule has 1 aromatic heterocycles. The Morgan fingerprint density at radius 3 is 2.37 bits per heavy atom. The summed E-state index contributed by atoms with van der Waals surface area (Å²) in [7, 11) is 4.16. The Morgan fingerprint density at radius 1 is 1.07 bits per heavy atom. The average molecular weight is 405 g/mol. The van der Waals surface area contributed by atoms with Crippen molar-refractivity contribution in [2.45, 2.75) is 44.8 Å². The number of nitrogens with zero attached hydrogens (tertiary/aromatic N) is 2. The number of Topliss-reactive ketones (excluding diaryl/α,β-unsaturated/α-hetero) is 1. The molecule has 3 atom stereocenters. The standard InChI is InChI=1S/C26H32N2O2/c1-5-22(29)24-23(18-12-8-7-9-13-18)25-20(16-17-27(3)4)19-14-10-11-15-21(19)28(25)26(24,30)6-2/h7-15,23-24,30H,5-6,16-17H2,1-4H3. The van der Waals surface area contributed by atoms with E-state index >= 15 is 0 Å². The largest absolute Gasteiger partial charge is 0.370 e. The minimum absolute atomic E-state index is 0.125. The van der Waals surface area contributed by atoms with Gasteiger partial charge in [0.05, 0.1) is 11.4 Å². The van der Waals surface area contributed by atoms with Gasteiger partial charge in [-0.15, -0.1) is 0 Å². The Balaban J connectivity index is 2.06. The van der Waals surface area contributed by atoms with Crippen molar-refractivity contribution in [2.24, 2.45) is 5.92 Å². The van der Waals surface area contributed by atoms with Crippen molar-refractivity contribution in [3.8, 4) is 0 Å². The number of fused-ring (bicyclic) bond motifs is 3. The number of benzene rings is 2. The van der Waals surface area contributed by atoms with Crippen LogP contribution in [0.15, 0.2) is 54.6 Å². The highest BCUT2D eigenvalue weighted by molar-refractivity contribution is 5.90. The molecule has 158 valence electrons. The van der Waals surface area contributed by atoms with Crippen LogP contribution in [0.5, 0.6) is 0 Å². The van der Waals surface area contributed by atoms with E-state index in [0.29, 0.717) is 12.8 Å². The van der Waals surface area contributed by atoms with Crippen LogP contribution in [-0.4, -0.2) is 41.0 Å². The molecule has 2 heterocycles. The number of hydrogen-bond acceptors (Lipinski definition) is 3. The highest BCUT2D eigenvalue weighted by Gasteiger charge is 2.55. The number of carbonyl (C=O) groups excluding carboxylic acids is 1. The van der Waals surface area contributed by atoms with Crippen molar-refractivity contribution in [1.82, 2.24) is 9.47 Å². The fourth-order valence-electron chi connectivity index (χ4n) is 5.28. The molecule has 0 fully saturated rings. The lowest BCUT2D eigenvalue weighted by Crippen LogP contribution is -2.41. The second kappa shape index (κ2) is 8.01. The first-order valence-corrected chi connectivity index (χ1v) is 11.0. The summed E-state index contributed by atoms with van der Waals surface area (Å²) in [5.41, 5.74) is 3.27. The molecule has 4 nitrogen and oxygen atoms in total. The van der Waals surface area contributed by atoms with E-state index < -0.39 is 11.6 Å². The highest BCUT2D eigenvalue weighted by atomic mass is 16.3. The first-order chi connectivity index (χ1) is 14.4. The smallest absolute Gasteiger partial charge is 0.152 e. The number of ketones is 1. The fraction of sp³-hybridized carbons (Fsp3) is 0.423. The van der Waals surface area contributed by atoms with Crippen LogP contribution in [0, 0.1) is 5.92 Å². The SMILES string of the molecule is CCC(=O)C1C(c2ccccc2)c2c(CCN(C)C)c3ccccc3n2C1(O)CC. The molecular formula is C26H32N2O2. The maximum absolute atomic E-state index is 13.3. The molecular weight excluding hydrogens is 372 g/mol. The van der Waals surface area contributed by atoms with Crippen molar-refractivity contribution >= 4 is 16.7 Å². The second-order valence-electron chi connectivity index (χ2n) is 8.69. The van der Waals surface area contributed by atoms with E-state index in [1.165, 1.54) is 10.9 Å². The summed E-state index contributed by atoms with van der Waals surface area (Å²) in [6.45, 7) is 4.81. The molecule has 0 amide bonds. The van der Waals surface area contributed by atoms with E-state index in [-0.39, 0.29) is 11.7 Å². The molecule has 1 aliphatic heterocycles. The summed E-state index contributed by atoms with van der Waals surface area (Å²) in [6, 6.07) is 18.6. The van der Waals surface area contributed by atoms with Gasteiger partial charge in [0.2, 0.25) is 0 Å². The third-order valence-corrected chi connectivity index (χ3v) is 6.72. The molecule has 3 aromatic rings. The zero-order chi connectivity index (χ0) is 21.5. The van der Waals surface area contributed by atoms with Crippen LogP contribution < -0.4 is 0 Å².